The molecule has 1 aromatic heterocycles. The Kier molecular flexibility index (Phi) is 2.42. The van der Waals surface area contributed by atoms with E-state index in [1.165, 1.54) is 18.4 Å². The van der Waals surface area contributed by atoms with E-state index < -0.39 is 0 Å². The topological polar surface area (TPSA) is 48.1 Å². The van der Waals surface area contributed by atoms with Crippen molar-refractivity contribution in [1.82, 2.24) is 4.98 Å². The molecule has 1 heterocycles. The number of hydrogen-bond donors (Lipinski definition) is 1. The zero-order valence-electron chi connectivity index (χ0n) is 8.49. The van der Waals surface area contributed by atoms with Gasteiger partial charge in [-0.1, -0.05) is 6.07 Å². The maximum Gasteiger partial charge on any atom is 0.216 e. The van der Waals surface area contributed by atoms with Gasteiger partial charge in [-0.15, -0.1) is 0 Å². The Hall–Kier alpha value is -1.09. The molecule has 0 bridgehead atoms. The van der Waals surface area contributed by atoms with E-state index in [4.69, 9.17) is 10.5 Å². The summed E-state index contributed by atoms with van der Waals surface area (Å²) in [7, 11) is 1.66. The minimum Gasteiger partial charge on any atom is -0.481 e. The van der Waals surface area contributed by atoms with E-state index in [1.54, 1.807) is 13.3 Å². The van der Waals surface area contributed by atoms with Crippen LogP contribution in [0.15, 0.2) is 18.3 Å². The number of methoxy groups -OCH3 is 1. The van der Waals surface area contributed by atoms with Crippen LogP contribution in [0, 0.1) is 5.41 Å². The van der Waals surface area contributed by atoms with Crippen molar-refractivity contribution in [2.45, 2.75) is 19.3 Å². The Balaban J connectivity index is 2.16. The molecule has 2 rings (SSSR count). The molecule has 0 aromatic carbocycles. The van der Waals surface area contributed by atoms with Gasteiger partial charge in [0.25, 0.3) is 0 Å². The molecular weight excluding hydrogens is 176 g/mol. The van der Waals surface area contributed by atoms with Crippen molar-refractivity contribution < 1.29 is 4.74 Å². The highest BCUT2D eigenvalue weighted by atomic mass is 16.5. The maximum atomic E-state index is 5.75. The van der Waals surface area contributed by atoms with Gasteiger partial charge in [0.15, 0.2) is 0 Å². The van der Waals surface area contributed by atoms with E-state index in [-0.39, 0.29) is 0 Å². The summed E-state index contributed by atoms with van der Waals surface area (Å²) in [5.74, 6) is 0.743. The van der Waals surface area contributed by atoms with Crippen molar-refractivity contribution >= 4 is 0 Å². The number of nitrogens with two attached hydrogens (primary N) is 1. The van der Waals surface area contributed by atoms with Crippen molar-refractivity contribution in [1.29, 1.82) is 0 Å². The molecule has 0 radical (unpaired) electrons. The molecule has 0 amide bonds. The summed E-state index contributed by atoms with van der Waals surface area (Å²) >= 11 is 0. The molecule has 3 heteroatoms. The van der Waals surface area contributed by atoms with Gasteiger partial charge in [-0.3, -0.25) is 0 Å². The lowest BCUT2D eigenvalue weighted by Gasteiger charge is -2.13. The Bertz CT molecular complexity index is 321. The van der Waals surface area contributed by atoms with Crippen LogP contribution in [0.2, 0.25) is 0 Å². The van der Waals surface area contributed by atoms with Gasteiger partial charge in [-0.05, 0) is 37.3 Å². The van der Waals surface area contributed by atoms with E-state index in [0.717, 1.165) is 18.8 Å². The van der Waals surface area contributed by atoms with Crippen LogP contribution in [-0.4, -0.2) is 18.6 Å². The minimum atomic E-state index is 0.344. The number of hydrogen-bond acceptors (Lipinski definition) is 3. The van der Waals surface area contributed by atoms with E-state index in [1.807, 2.05) is 6.07 Å². The zero-order valence-corrected chi connectivity index (χ0v) is 8.49. The third-order valence-electron chi connectivity index (χ3n) is 3.00. The fourth-order valence-electron chi connectivity index (χ4n) is 1.78. The number of nitrogens with zero attached hydrogens (tertiary/aromatic N) is 1. The number of pyridine rings is 1. The Morgan fingerprint density at radius 1 is 1.57 bits per heavy atom. The van der Waals surface area contributed by atoms with Crippen molar-refractivity contribution in [3.8, 4) is 5.88 Å². The lowest BCUT2D eigenvalue weighted by atomic mass is 9.97. The van der Waals surface area contributed by atoms with Gasteiger partial charge in [0, 0.05) is 11.8 Å². The number of aromatic nitrogens is 1. The monoisotopic (exact) mass is 192 g/mol. The minimum absolute atomic E-state index is 0.344. The third-order valence-corrected chi connectivity index (χ3v) is 3.00. The van der Waals surface area contributed by atoms with Crippen LogP contribution >= 0.6 is 0 Å². The second kappa shape index (κ2) is 3.58. The SMILES string of the molecule is COc1ncccc1CC1(CN)CC1. The van der Waals surface area contributed by atoms with Crippen molar-refractivity contribution in [3.63, 3.8) is 0 Å². The smallest absolute Gasteiger partial charge is 0.216 e. The molecule has 1 aromatic rings. The van der Waals surface area contributed by atoms with Gasteiger partial charge in [0.05, 0.1) is 7.11 Å². The van der Waals surface area contributed by atoms with Crippen molar-refractivity contribution in [2.24, 2.45) is 11.1 Å². The number of rotatable bonds is 4. The molecule has 14 heavy (non-hydrogen) atoms. The molecule has 0 saturated heterocycles. The summed E-state index contributed by atoms with van der Waals surface area (Å²) in [5, 5.41) is 0. The van der Waals surface area contributed by atoms with Gasteiger partial charge < -0.3 is 10.5 Å². The molecular formula is C11H16N2O. The first kappa shape index (κ1) is 9.46. The summed E-state index contributed by atoms with van der Waals surface area (Å²) in [6.07, 6.45) is 5.23. The first-order valence-electron chi connectivity index (χ1n) is 4.98. The summed E-state index contributed by atoms with van der Waals surface area (Å²) in [5.41, 5.74) is 7.27. The van der Waals surface area contributed by atoms with Crippen LogP contribution in [0.3, 0.4) is 0 Å². The standard InChI is InChI=1S/C11H16N2O/c1-14-10-9(3-2-6-13-10)7-11(8-12)4-5-11/h2-3,6H,4-5,7-8,12H2,1H3. The molecule has 0 atom stereocenters. The molecule has 0 aliphatic heterocycles. The predicted molar refractivity (Wildman–Crippen MR) is 55.2 cm³/mol. The average Bonchev–Trinajstić information content (AvgIpc) is 2.99. The highest BCUT2D eigenvalue weighted by Crippen LogP contribution is 2.48. The molecule has 76 valence electrons. The molecule has 1 aliphatic rings. The number of ether oxygens (including phenoxy) is 1. The average molecular weight is 192 g/mol. The lowest BCUT2D eigenvalue weighted by molar-refractivity contribution is 0.385. The highest BCUT2D eigenvalue weighted by Gasteiger charge is 2.41. The molecule has 0 unspecified atom stereocenters. The van der Waals surface area contributed by atoms with Crippen molar-refractivity contribution in [3.05, 3.63) is 23.9 Å². The van der Waals surface area contributed by atoms with Crippen LogP contribution in [-0.2, 0) is 6.42 Å². The fraction of sp³-hybridized carbons (Fsp3) is 0.545. The largest absolute Gasteiger partial charge is 0.481 e. The Labute approximate surface area is 84.3 Å². The van der Waals surface area contributed by atoms with Crippen LogP contribution in [0.1, 0.15) is 18.4 Å². The Morgan fingerprint density at radius 3 is 2.93 bits per heavy atom. The summed E-state index contributed by atoms with van der Waals surface area (Å²) in [6, 6.07) is 4.02. The van der Waals surface area contributed by atoms with Gasteiger partial charge >= 0.3 is 0 Å². The highest BCUT2D eigenvalue weighted by molar-refractivity contribution is 5.28. The van der Waals surface area contributed by atoms with Crippen LogP contribution in [0.5, 0.6) is 5.88 Å². The molecule has 1 fully saturated rings. The lowest BCUT2D eigenvalue weighted by Crippen LogP contribution is -2.18. The second-order valence-corrected chi connectivity index (χ2v) is 4.05. The van der Waals surface area contributed by atoms with Gasteiger partial charge in [-0.2, -0.15) is 0 Å². The van der Waals surface area contributed by atoms with E-state index >= 15 is 0 Å². The second-order valence-electron chi connectivity index (χ2n) is 4.05. The quantitative estimate of drug-likeness (QED) is 0.783. The van der Waals surface area contributed by atoms with Gasteiger partial charge in [0.1, 0.15) is 0 Å². The Morgan fingerprint density at radius 2 is 2.36 bits per heavy atom. The summed E-state index contributed by atoms with van der Waals surface area (Å²) < 4.78 is 5.21. The van der Waals surface area contributed by atoms with Gasteiger partial charge in [-0.25, -0.2) is 4.98 Å². The van der Waals surface area contributed by atoms with Crippen LogP contribution in [0.25, 0.3) is 0 Å². The first-order valence-corrected chi connectivity index (χ1v) is 4.98. The molecule has 3 nitrogen and oxygen atoms in total. The first-order chi connectivity index (χ1) is 6.79. The van der Waals surface area contributed by atoms with Crippen LogP contribution in [0.4, 0.5) is 0 Å². The molecule has 1 saturated carbocycles. The molecule has 0 spiro atoms. The predicted octanol–water partition coefficient (Wildman–Crippen LogP) is 1.37. The van der Waals surface area contributed by atoms with Crippen LogP contribution < -0.4 is 10.5 Å². The molecule has 1 aliphatic carbocycles. The third kappa shape index (κ3) is 1.73. The summed E-state index contributed by atoms with van der Waals surface area (Å²) in [4.78, 5) is 4.18. The normalized spacial score (nSPS) is 17.9. The summed E-state index contributed by atoms with van der Waals surface area (Å²) in [6.45, 7) is 0.769. The maximum absolute atomic E-state index is 5.75. The van der Waals surface area contributed by atoms with Crippen molar-refractivity contribution in [2.75, 3.05) is 13.7 Å². The molecule has 2 N–H and O–H groups in total. The van der Waals surface area contributed by atoms with E-state index in [2.05, 4.69) is 11.1 Å². The van der Waals surface area contributed by atoms with Gasteiger partial charge in [0.2, 0.25) is 5.88 Å². The van der Waals surface area contributed by atoms with E-state index in [0.29, 0.717) is 5.41 Å². The fourth-order valence-corrected chi connectivity index (χ4v) is 1.78. The van der Waals surface area contributed by atoms with E-state index in [9.17, 15) is 0 Å². The zero-order chi connectivity index (χ0) is 10.0.